The van der Waals surface area contributed by atoms with Crippen LogP contribution in [-0.2, 0) is 9.59 Å². The number of nitrogens with one attached hydrogen (secondary N) is 1. The van der Waals surface area contributed by atoms with Crippen LogP contribution in [-0.4, -0.2) is 30.3 Å². The zero-order valence-corrected chi connectivity index (χ0v) is 15.1. The van der Waals surface area contributed by atoms with Gasteiger partial charge in [0.15, 0.2) is 0 Å². The topological polar surface area (TPSA) is 58.6 Å². The van der Waals surface area contributed by atoms with Crippen molar-refractivity contribution in [2.75, 3.05) is 18.9 Å². The first kappa shape index (κ1) is 18.5. The monoisotopic (exact) mass is 340 g/mol. The summed E-state index contributed by atoms with van der Waals surface area (Å²) in [6.07, 6.45) is -0.0646. The van der Waals surface area contributed by atoms with Gasteiger partial charge in [-0.1, -0.05) is 30.3 Å². The second-order valence-corrected chi connectivity index (χ2v) is 6.07. The highest BCUT2D eigenvalue weighted by molar-refractivity contribution is 5.94. The van der Waals surface area contributed by atoms with Crippen LogP contribution in [0.3, 0.4) is 0 Å². The van der Waals surface area contributed by atoms with Crippen LogP contribution in [0.15, 0.2) is 48.5 Å². The van der Waals surface area contributed by atoms with Gasteiger partial charge in [0.05, 0.1) is 6.54 Å². The summed E-state index contributed by atoms with van der Waals surface area (Å²) in [6.45, 7) is 5.36. The van der Waals surface area contributed by atoms with Gasteiger partial charge in [0, 0.05) is 19.7 Å². The summed E-state index contributed by atoms with van der Waals surface area (Å²) in [5.41, 5.74) is 2.71. The zero-order chi connectivity index (χ0) is 18.4. The van der Waals surface area contributed by atoms with Crippen LogP contribution < -0.4 is 10.1 Å². The van der Waals surface area contributed by atoms with Crippen molar-refractivity contribution in [2.45, 2.75) is 26.9 Å². The lowest BCUT2D eigenvalue weighted by Gasteiger charge is -2.18. The minimum absolute atomic E-state index is 0.0259. The Labute approximate surface area is 148 Å². The molecule has 0 aliphatic rings. The molecular formula is C20H24N2O3. The van der Waals surface area contributed by atoms with E-state index in [1.54, 1.807) is 7.05 Å². The van der Waals surface area contributed by atoms with Crippen molar-refractivity contribution in [3.63, 3.8) is 0 Å². The third-order valence-corrected chi connectivity index (χ3v) is 3.97. The Morgan fingerprint density at radius 2 is 1.84 bits per heavy atom. The van der Waals surface area contributed by atoms with Crippen LogP contribution in [0.25, 0.3) is 0 Å². The molecule has 25 heavy (non-hydrogen) atoms. The Hall–Kier alpha value is -2.82. The van der Waals surface area contributed by atoms with Gasteiger partial charge in [0.1, 0.15) is 11.9 Å². The van der Waals surface area contributed by atoms with Crippen LogP contribution in [0.2, 0.25) is 0 Å². The molecule has 0 bridgehead atoms. The number of hydrogen-bond donors (Lipinski definition) is 1. The summed E-state index contributed by atoms with van der Waals surface area (Å²) < 4.78 is 5.97. The predicted molar refractivity (Wildman–Crippen MR) is 98.6 cm³/mol. The van der Waals surface area contributed by atoms with E-state index in [0.29, 0.717) is 5.69 Å². The fraction of sp³-hybridized carbons (Fsp3) is 0.300. The minimum Gasteiger partial charge on any atom is -0.486 e. The van der Waals surface area contributed by atoms with E-state index in [2.05, 4.69) is 5.32 Å². The Kier molecular flexibility index (Phi) is 6.17. The maximum atomic E-state index is 12.0. The summed E-state index contributed by atoms with van der Waals surface area (Å²) in [7, 11) is 1.59. The maximum Gasteiger partial charge on any atom is 0.243 e. The summed E-state index contributed by atoms with van der Waals surface area (Å²) >= 11 is 0. The standard InChI is InChI=1S/C20H24N2O3/c1-14-12-18(25-15(2)17-8-6-5-7-9-17)10-11-19(14)21-20(24)13-22(4)16(3)23/h5-12,15H,13H2,1-4H3,(H,21,24)/t15-/m0/s1. The lowest BCUT2D eigenvalue weighted by molar-refractivity contribution is -0.131. The van der Waals surface area contributed by atoms with Crippen molar-refractivity contribution in [1.82, 2.24) is 4.90 Å². The van der Waals surface area contributed by atoms with Crippen LogP contribution >= 0.6 is 0 Å². The van der Waals surface area contributed by atoms with E-state index in [9.17, 15) is 9.59 Å². The Morgan fingerprint density at radius 3 is 2.44 bits per heavy atom. The number of rotatable bonds is 6. The molecule has 5 heteroatoms. The van der Waals surface area contributed by atoms with E-state index < -0.39 is 0 Å². The number of ether oxygens (including phenoxy) is 1. The molecule has 2 rings (SSSR count). The molecule has 0 spiro atoms. The average molecular weight is 340 g/mol. The summed E-state index contributed by atoms with van der Waals surface area (Å²) in [5.74, 6) is 0.366. The lowest BCUT2D eigenvalue weighted by atomic mass is 10.1. The predicted octanol–water partition coefficient (Wildman–Crippen LogP) is 3.55. The van der Waals surface area contributed by atoms with Crippen LogP contribution in [0.5, 0.6) is 5.75 Å². The molecule has 1 atom stereocenters. The van der Waals surface area contributed by atoms with Gasteiger partial charge in [-0.3, -0.25) is 9.59 Å². The molecule has 1 N–H and O–H groups in total. The number of carbonyl (C=O) groups excluding carboxylic acids is 2. The molecule has 2 amide bonds. The van der Waals surface area contributed by atoms with Gasteiger partial charge in [-0.05, 0) is 43.2 Å². The lowest BCUT2D eigenvalue weighted by Crippen LogP contribution is -2.33. The van der Waals surface area contributed by atoms with E-state index in [4.69, 9.17) is 4.74 Å². The number of benzene rings is 2. The van der Waals surface area contributed by atoms with Gasteiger partial charge >= 0.3 is 0 Å². The first-order chi connectivity index (χ1) is 11.9. The number of likely N-dealkylation sites (N-methyl/N-ethyl adjacent to an activating group) is 1. The molecule has 0 aliphatic heterocycles. The highest BCUT2D eigenvalue weighted by Crippen LogP contribution is 2.26. The molecule has 0 saturated heterocycles. The van der Waals surface area contributed by atoms with Crippen molar-refractivity contribution in [3.8, 4) is 5.75 Å². The molecule has 2 aromatic carbocycles. The largest absolute Gasteiger partial charge is 0.486 e. The number of aryl methyl sites for hydroxylation is 1. The summed E-state index contributed by atoms with van der Waals surface area (Å²) in [5, 5.41) is 2.82. The van der Waals surface area contributed by atoms with Crippen LogP contribution in [0, 0.1) is 6.92 Å². The van der Waals surface area contributed by atoms with E-state index in [-0.39, 0.29) is 24.5 Å². The van der Waals surface area contributed by atoms with Gasteiger partial charge < -0.3 is 15.0 Å². The fourth-order valence-corrected chi connectivity index (χ4v) is 2.36. The molecule has 0 aliphatic carbocycles. The Balaban J connectivity index is 2.00. The highest BCUT2D eigenvalue weighted by atomic mass is 16.5. The van der Waals surface area contributed by atoms with Crippen molar-refractivity contribution in [1.29, 1.82) is 0 Å². The van der Waals surface area contributed by atoms with Crippen LogP contribution in [0.1, 0.15) is 31.1 Å². The molecule has 0 aromatic heterocycles. The second-order valence-electron chi connectivity index (χ2n) is 6.07. The SMILES string of the molecule is CC(=O)N(C)CC(=O)Nc1ccc(O[C@@H](C)c2ccccc2)cc1C. The average Bonchev–Trinajstić information content (AvgIpc) is 2.58. The Morgan fingerprint density at radius 1 is 1.16 bits per heavy atom. The fourth-order valence-electron chi connectivity index (χ4n) is 2.36. The molecular weight excluding hydrogens is 316 g/mol. The molecule has 132 valence electrons. The number of amides is 2. The maximum absolute atomic E-state index is 12.0. The van der Waals surface area contributed by atoms with Crippen molar-refractivity contribution >= 4 is 17.5 Å². The molecule has 5 nitrogen and oxygen atoms in total. The zero-order valence-electron chi connectivity index (χ0n) is 15.1. The van der Waals surface area contributed by atoms with E-state index in [1.165, 1.54) is 11.8 Å². The molecule has 2 aromatic rings. The molecule has 0 saturated carbocycles. The summed E-state index contributed by atoms with van der Waals surface area (Å²) in [4.78, 5) is 24.5. The molecule has 0 unspecified atom stereocenters. The van der Waals surface area contributed by atoms with E-state index >= 15 is 0 Å². The van der Waals surface area contributed by atoms with Gasteiger partial charge in [0.2, 0.25) is 11.8 Å². The quantitative estimate of drug-likeness (QED) is 0.875. The minimum atomic E-state index is -0.230. The molecule has 0 radical (unpaired) electrons. The number of anilines is 1. The number of nitrogens with zero attached hydrogens (tertiary/aromatic N) is 1. The van der Waals surface area contributed by atoms with Crippen molar-refractivity contribution in [3.05, 3.63) is 59.7 Å². The first-order valence-electron chi connectivity index (χ1n) is 8.20. The smallest absolute Gasteiger partial charge is 0.243 e. The van der Waals surface area contributed by atoms with Gasteiger partial charge in [-0.25, -0.2) is 0 Å². The molecule has 0 heterocycles. The third-order valence-electron chi connectivity index (χ3n) is 3.97. The van der Waals surface area contributed by atoms with Crippen molar-refractivity contribution < 1.29 is 14.3 Å². The van der Waals surface area contributed by atoms with Gasteiger partial charge in [-0.15, -0.1) is 0 Å². The Bertz CT molecular complexity index is 744. The highest BCUT2D eigenvalue weighted by Gasteiger charge is 2.12. The second kappa shape index (κ2) is 8.33. The number of hydrogen-bond acceptors (Lipinski definition) is 3. The third kappa shape index (κ3) is 5.35. The van der Waals surface area contributed by atoms with Crippen molar-refractivity contribution in [2.24, 2.45) is 0 Å². The number of carbonyl (C=O) groups is 2. The normalized spacial score (nSPS) is 11.5. The van der Waals surface area contributed by atoms with Crippen LogP contribution in [0.4, 0.5) is 5.69 Å². The first-order valence-corrected chi connectivity index (χ1v) is 8.20. The van der Waals surface area contributed by atoms with E-state index in [0.717, 1.165) is 16.9 Å². The summed E-state index contributed by atoms with van der Waals surface area (Å²) in [6, 6.07) is 15.5. The van der Waals surface area contributed by atoms with E-state index in [1.807, 2.05) is 62.4 Å². The van der Waals surface area contributed by atoms with Gasteiger partial charge in [0.25, 0.3) is 0 Å². The van der Waals surface area contributed by atoms with Gasteiger partial charge in [-0.2, -0.15) is 0 Å². The molecule has 0 fully saturated rings.